The molecule has 1 heterocycles. The summed E-state index contributed by atoms with van der Waals surface area (Å²) in [5, 5.41) is 3.22. The molecule has 108 valence electrons. The second-order valence-corrected chi connectivity index (χ2v) is 4.35. The molecule has 6 heteroatoms. The number of unbranched alkanes of at least 4 members (excludes halogenated alkanes) is 1. The van der Waals surface area contributed by atoms with Gasteiger partial charge >= 0.3 is 5.69 Å². The zero-order valence-corrected chi connectivity index (χ0v) is 11.7. The summed E-state index contributed by atoms with van der Waals surface area (Å²) in [4.78, 5) is 23.2. The highest BCUT2D eigenvalue weighted by molar-refractivity contribution is 4.85. The fourth-order valence-corrected chi connectivity index (χ4v) is 1.73. The van der Waals surface area contributed by atoms with Gasteiger partial charge in [-0.2, -0.15) is 0 Å². The van der Waals surface area contributed by atoms with Crippen molar-refractivity contribution in [3.63, 3.8) is 0 Å². The first kappa shape index (κ1) is 15.7. The van der Waals surface area contributed by atoms with Gasteiger partial charge in [0.15, 0.2) is 0 Å². The van der Waals surface area contributed by atoms with Gasteiger partial charge in [-0.1, -0.05) is 0 Å². The van der Waals surface area contributed by atoms with Gasteiger partial charge < -0.3 is 14.6 Å². The summed E-state index contributed by atoms with van der Waals surface area (Å²) in [5.74, 6) is 0. The number of aromatic nitrogens is 2. The Hall–Kier alpha value is -1.40. The SMILES string of the molecule is CCOCCCCNCCn1c(=O)ccn(C)c1=O. The third-order valence-electron chi connectivity index (χ3n) is 2.85. The molecule has 6 nitrogen and oxygen atoms in total. The van der Waals surface area contributed by atoms with Crippen molar-refractivity contribution in [1.29, 1.82) is 0 Å². The topological polar surface area (TPSA) is 65.3 Å². The van der Waals surface area contributed by atoms with Crippen LogP contribution in [0.3, 0.4) is 0 Å². The van der Waals surface area contributed by atoms with E-state index in [1.165, 1.54) is 21.4 Å². The highest BCUT2D eigenvalue weighted by Crippen LogP contribution is 1.88. The zero-order valence-electron chi connectivity index (χ0n) is 11.7. The lowest BCUT2D eigenvalue weighted by Crippen LogP contribution is -2.40. The molecule has 0 aliphatic heterocycles. The third-order valence-corrected chi connectivity index (χ3v) is 2.85. The summed E-state index contributed by atoms with van der Waals surface area (Å²) in [7, 11) is 1.64. The molecule has 0 aliphatic rings. The summed E-state index contributed by atoms with van der Waals surface area (Å²) in [5.41, 5.74) is -0.521. The second-order valence-electron chi connectivity index (χ2n) is 4.35. The number of ether oxygens (including phenoxy) is 1. The van der Waals surface area contributed by atoms with Crippen LogP contribution in [0.2, 0.25) is 0 Å². The highest BCUT2D eigenvalue weighted by Gasteiger charge is 2.01. The lowest BCUT2D eigenvalue weighted by Gasteiger charge is -2.07. The van der Waals surface area contributed by atoms with Gasteiger partial charge in [0.05, 0.1) is 0 Å². The Balaban J connectivity index is 2.25. The smallest absolute Gasteiger partial charge is 0.330 e. The predicted molar refractivity (Wildman–Crippen MR) is 74.5 cm³/mol. The third kappa shape index (κ3) is 5.40. The van der Waals surface area contributed by atoms with Crippen LogP contribution in [0.4, 0.5) is 0 Å². The fraction of sp³-hybridized carbons (Fsp3) is 0.692. The Kier molecular flexibility index (Phi) is 7.14. The Morgan fingerprint density at radius 3 is 2.79 bits per heavy atom. The number of rotatable bonds is 9. The van der Waals surface area contributed by atoms with Crippen molar-refractivity contribution in [3.05, 3.63) is 33.1 Å². The van der Waals surface area contributed by atoms with E-state index >= 15 is 0 Å². The first-order chi connectivity index (χ1) is 9.16. The number of aryl methyl sites for hydroxylation is 1. The van der Waals surface area contributed by atoms with Gasteiger partial charge in [0.2, 0.25) is 0 Å². The van der Waals surface area contributed by atoms with Gasteiger partial charge in [0.25, 0.3) is 5.56 Å². The fourth-order valence-electron chi connectivity index (χ4n) is 1.73. The summed E-state index contributed by atoms with van der Waals surface area (Å²) in [6.45, 7) is 5.42. The van der Waals surface area contributed by atoms with E-state index < -0.39 is 0 Å². The molecular formula is C13H23N3O3. The summed E-state index contributed by atoms with van der Waals surface area (Å²) < 4.78 is 7.89. The molecule has 1 aromatic rings. The van der Waals surface area contributed by atoms with Crippen molar-refractivity contribution < 1.29 is 4.74 Å². The van der Waals surface area contributed by atoms with E-state index in [2.05, 4.69) is 5.32 Å². The van der Waals surface area contributed by atoms with E-state index in [1.807, 2.05) is 6.92 Å². The largest absolute Gasteiger partial charge is 0.382 e. The molecule has 0 saturated heterocycles. The average molecular weight is 269 g/mol. The first-order valence-corrected chi connectivity index (χ1v) is 6.71. The van der Waals surface area contributed by atoms with E-state index in [-0.39, 0.29) is 11.2 Å². The predicted octanol–water partition coefficient (Wildman–Crippen LogP) is -0.0467. The number of nitrogens with zero attached hydrogens (tertiary/aromatic N) is 2. The molecule has 1 aromatic heterocycles. The van der Waals surface area contributed by atoms with Gasteiger partial charge in [0, 0.05) is 45.6 Å². The van der Waals surface area contributed by atoms with Gasteiger partial charge in [0.1, 0.15) is 0 Å². The molecule has 0 aromatic carbocycles. The second kappa shape index (κ2) is 8.66. The van der Waals surface area contributed by atoms with Gasteiger partial charge in [-0.05, 0) is 26.3 Å². The standard InChI is InChI=1S/C13H23N3O3/c1-3-19-11-5-4-7-14-8-10-16-12(17)6-9-15(2)13(16)18/h6,9,14H,3-5,7-8,10-11H2,1-2H3. The maximum absolute atomic E-state index is 11.7. The summed E-state index contributed by atoms with van der Waals surface area (Å²) in [6.07, 6.45) is 3.54. The molecule has 19 heavy (non-hydrogen) atoms. The monoisotopic (exact) mass is 269 g/mol. The number of hydrogen-bond acceptors (Lipinski definition) is 4. The van der Waals surface area contributed by atoms with Crippen LogP contribution in [-0.4, -0.2) is 35.4 Å². The minimum atomic E-state index is -0.273. The van der Waals surface area contributed by atoms with Crippen LogP contribution in [0.1, 0.15) is 19.8 Å². The van der Waals surface area contributed by atoms with Crippen molar-refractivity contribution in [3.8, 4) is 0 Å². The summed E-state index contributed by atoms with van der Waals surface area (Å²) >= 11 is 0. The molecule has 0 aliphatic carbocycles. The Morgan fingerprint density at radius 1 is 1.26 bits per heavy atom. The first-order valence-electron chi connectivity index (χ1n) is 6.71. The van der Waals surface area contributed by atoms with E-state index in [4.69, 9.17) is 4.74 Å². The highest BCUT2D eigenvalue weighted by atomic mass is 16.5. The van der Waals surface area contributed by atoms with Crippen LogP contribution in [0.15, 0.2) is 21.9 Å². The van der Waals surface area contributed by atoms with Crippen molar-refractivity contribution in [2.45, 2.75) is 26.3 Å². The molecule has 0 spiro atoms. The quantitative estimate of drug-likeness (QED) is 0.639. The van der Waals surface area contributed by atoms with E-state index in [0.717, 1.165) is 32.6 Å². The molecule has 1 N–H and O–H groups in total. The Bertz CT molecular complexity index is 479. The lowest BCUT2D eigenvalue weighted by molar-refractivity contribution is 0.143. The molecule has 0 unspecified atom stereocenters. The van der Waals surface area contributed by atoms with Gasteiger partial charge in [-0.15, -0.1) is 0 Å². The summed E-state index contributed by atoms with van der Waals surface area (Å²) in [6, 6.07) is 1.41. The Morgan fingerprint density at radius 2 is 2.05 bits per heavy atom. The molecule has 0 atom stereocenters. The van der Waals surface area contributed by atoms with Crippen LogP contribution in [0, 0.1) is 0 Å². The molecule has 1 rings (SSSR count). The molecule has 0 radical (unpaired) electrons. The van der Waals surface area contributed by atoms with E-state index in [0.29, 0.717) is 13.1 Å². The minimum Gasteiger partial charge on any atom is -0.382 e. The minimum absolute atomic E-state index is 0.249. The van der Waals surface area contributed by atoms with Gasteiger partial charge in [-0.3, -0.25) is 9.36 Å². The van der Waals surface area contributed by atoms with E-state index in [9.17, 15) is 9.59 Å². The van der Waals surface area contributed by atoms with Crippen molar-refractivity contribution >= 4 is 0 Å². The molecule has 0 amide bonds. The van der Waals surface area contributed by atoms with Gasteiger partial charge in [-0.25, -0.2) is 4.79 Å². The maximum Gasteiger partial charge on any atom is 0.330 e. The van der Waals surface area contributed by atoms with E-state index in [1.54, 1.807) is 7.05 Å². The van der Waals surface area contributed by atoms with Crippen LogP contribution in [0.5, 0.6) is 0 Å². The van der Waals surface area contributed by atoms with Crippen molar-refractivity contribution in [1.82, 2.24) is 14.5 Å². The number of nitrogens with one attached hydrogen (secondary N) is 1. The van der Waals surface area contributed by atoms with Crippen LogP contribution in [-0.2, 0) is 18.3 Å². The Labute approximate surface area is 113 Å². The lowest BCUT2D eigenvalue weighted by atomic mass is 10.3. The maximum atomic E-state index is 11.7. The van der Waals surface area contributed by atoms with Crippen molar-refractivity contribution in [2.24, 2.45) is 7.05 Å². The molecule has 0 saturated carbocycles. The number of hydrogen-bond donors (Lipinski definition) is 1. The van der Waals surface area contributed by atoms with Crippen molar-refractivity contribution in [2.75, 3.05) is 26.3 Å². The molecular weight excluding hydrogens is 246 g/mol. The average Bonchev–Trinajstić information content (AvgIpc) is 2.40. The van der Waals surface area contributed by atoms with Crippen LogP contribution >= 0.6 is 0 Å². The normalized spacial score (nSPS) is 10.8. The van der Waals surface area contributed by atoms with Crippen LogP contribution in [0.25, 0.3) is 0 Å². The molecule has 0 bridgehead atoms. The zero-order chi connectivity index (χ0) is 14.1. The van der Waals surface area contributed by atoms with Crippen LogP contribution < -0.4 is 16.6 Å². The molecule has 0 fully saturated rings.